The van der Waals surface area contributed by atoms with Crippen molar-refractivity contribution >= 4 is 30.8 Å². The van der Waals surface area contributed by atoms with Gasteiger partial charge in [0.05, 0.1) is 19.1 Å². The lowest BCUT2D eigenvalue weighted by molar-refractivity contribution is -0.142. The first-order valence-electron chi connectivity index (χ1n) is 6.43. The van der Waals surface area contributed by atoms with Gasteiger partial charge >= 0.3 is 5.97 Å². The molecule has 0 amide bonds. The van der Waals surface area contributed by atoms with Crippen LogP contribution < -0.4 is 5.73 Å². The summed E-state index contributed by atoms with van der Waals surface area (Å²) in [6.07, 6.45) is 6.63. The fraction of sp³-hybridized carbons (Fsp3) is 0.357. The van der Waals surface area contributed by atoms with Crippen LogP contribution in [0.3, 0.4) is 0 Å². The fourth-order valence-corrected chi connectivity index (χ4v) is 1.88. The maximum absolute atomic E-state index is 11.2. The van der Waals surface area contributed by atoms with Crippen LogP contribution in [0.5, 0.6) is 0 Å². The molecular weight excluding hydrogens is 327 g/mol. The zero-order valence-corrected chi connectivity index (χ0v) is 13.8. The largest absolute Gasteiger partial charge is 0.468 e. The van der Waals surface area contributed by atoms with Crippen molar-refractivity contribution in [1.82, 2.24) is 14.5 Å². The van der Waals surface area contributed by atoms with Crippen molar-refractivity contribution in [3.05, 3.63) is 48.3 Å². The normalized spacial score (nSPS) is 11.0. The molecule has 8 heteroatoms. The molecule has 2 aromatic heterocycles. The van der Waals surface area contributed by atoms with Gasteiger partial charge in [-0.25, -0.2) is 4.98 Å². The third-order valence-corrected chi connectivity index (χ3v) is 2.97. The van der Waals surface area contributed by atoms with Crippen molar-refractivity contribution < 1.29 is 9.53 Å². The monoisotopic (exact) mass is 346 g/mol. The van der Waals surface area contributed by atoms with Crippen LogP contribution in [-0.2, 0) is 28.9 Å². The topological polar surface area (TPSA) is 83.0 Å². The van der Waals surface area contributed by atoms with E-state index in [2.05, 4.69) is 14.7 Å². The van der Waals surface area contributed by atoms with E-state index in [0.717, 1.165) is 24.4 Å². The van der Waals surface area contributed by atoms with Gasteiger partial charge in [-0.05, 0) is 12.1 Å². The molecule has 2 rings (SSSR count). The summed E-state index contributed by atoms with van der Waals surface area (Å²) in [6, 6.07) is 5.19. The first kappa shape index (κ1) is 20.4. The minimum atomic E-state index is -0.667. The number of aryl methyl sites for hydroxylation is 2. The fourth-order valence-electron chi connectivity index (χ4n) is 1.88. The zero-order chi connectivity index (χ0) is 14.4. The Hall–Kier alpha value is -1.63. The molecule has 0 radical (unpaired) electrons. The number of carbonyl (C=O) groups is 1. The average molecular weight is 347 g/mol. The summed E-state index contributed by atoms with van der Waals surface area (Å²) in [5.41, 5.74) is 7.52. The van der Waals surface area contributed by atoms with Gasteiger partial charge in [0.1, 0.15) is 6.04 Å². The summed E-state index contributed by atoms with van der Waals surface area (Å²) >= 11 is 0. The molecule has 0 spiro atoms. The van der Waals surface area contributed by atoms with Gasteiger partial charge in [0.15, 0.2) is 0 Å². The summed E-state index contributed by atoms with van der Waals surface area (Å²) < 4.78 is 6.56. The van der Waals surface area contributed by atoms with Crippen LogP contribution in [0.4, 0.5) is 0 Å². The lowest BCUT2D eigenvalue weighted by atomic mass is 10.2. The lowest BCUT2D eigenvalue weighted by Gasteiger charge is -2.06. The standard InChI is InChI=1S/C14H18N4O2.2ClH/c1-20-14(19)13(15)8-12-9-18(10-17-12)7-5-11-4-2-3-6-16-11;;/h2-4,6,9-10,13H,5,7-8,15H2,1H3;2*1H/t13-;;/m0../s1. The molecule has 0 saturated carbocycles. The molecule has 6 nitrogen and oxygen atoms in total. The van der Waals surface area contributed by atoms with E-state index in [0.29, 0.717) is 6.42 Å². The highest BCUT2D eigenvalue weighted by atomic mass is 35.5. The quantitative estimate of drug-likeness (QED) is 0.799. The molecule has 0 aromatic carbocycles. The van der Waals surface area contributed by atoms with E-state index < -0.39 is 12.0 Å². The third-order valence-electron chi connectivity index (χ3n) is 2.97. The van der Waals surface area contributed by atoms with Gasteiger partial charge in [-0.1, -0.05) is 6.07 Å². The van der Waals surface area contributed by atoms with Crippen molar-refractivity contribution in [3.8, 4) is 0 Å². The number of carbonyl (C=O) groups excluding carboxylic acids is 1. The second-order valence-electron chi connectivity index (χ2n) is 4.51. The number of rotatable bonds is 6. The molecule has 0 unspecified atom stereocenters. The number of nitrogens with two attached hydrogens (primary N) is 1. The number of esters is 1. The van der Waals surface area contributed by atoms with Gasteiger partial charge in [-0.3, -0.25) is 9.78 Å². The van der Waals surface area contributed by atoms with Crippen LogP contribution in [0.1, 0.15) is 11.4 Å². The first-order chi connectivity index (χ1) is 9.69. The minimum absolute atomic E-state index is 0. The predicted molar refractivity (Wildman–Crippen MR) is 88.4 cm³/mol. The Kier molecular flexibility index (Phi) is 9.40. The second-order valence-corrected chi connectivity index (χ2v) is 4.51. The average Bonchev–Trinajstić information content (AvgIpc) is 2.92. The highest BCUT2D eigenvalue weighted by Gasteiger charge is 2.15. The van der Waals surface area contributed by atoms with Gasteiger partial charge in [0, 0.05) is 37.5 Å². The van der Waals surface area contributed by atoms with Crippen molar-refractivity contribution in [3.63, 3.8) is 0 Å². The molecule has 0 aliphatic heterocycles. The number of hydrogen-bond acceptors (Lipinski definition) is 5. The van der Waals surface area contributed by atoms with Crippen LogP contribution in [0.25, 0.3) is 0 Å². The molecule has 0 bridgehead atoms. The van der Waals surface area contributed by atoms with Crippen LogP contribution in [0.2, 0.25) is 0 Å². The Morgan fingerprint density at radius 1 is 1.32 bits per heavy atom. The lowest BCUT2D eigenvalue weighted by Crippen LogP contribution is -2.33. The van der Waals surface area contributed by atoms with E-state index in [-0.39, 0.29) is 24.8 Å². The van der Waals surface area contributed by atoms with E-state index in [1.807, 2.05) is 29.0 Å². The van der Waals surface area contributed by atoms with E-state index >= 15 is 0 Å². The predicted octanol–water partition coefficient (Wildman–Crippen LogP) is 1.41. The number of imidazole rings is 1. The number of pyridine rings is 1. The molecule has 122 valence electrons. The molecule has 0 aliphatic carbocycles. The van der Waals surface area contributed by atoms with Crippen molar-refractivity contribution in [2.75, 3.05) is 7.11 Å². The number of aromatic nitrogens is 3. The molecule has 2 heterocycles. The molecule has 2 aromatic rings. The Morgan fingerprint density at radius 2 is 2.09 bits per heavy atom. The summed E-state index contributed by atoms with van der Waals surface area (Å²) in [6.45, 7) is 0.789. The van der Waals surface area contributed by atoms with Crippen molar-refractivity contribution in [2.24, 2.45) is 5.73 Å². The SMILES string of the molecule is COC(=O)[C@@H](N)Cc1cn(CCc2ccccn2)cn1.Cl.Cl. The van der Waals surface area contributed by atoms with E-state index in [4.69, 9.17) is 5.73 Å². The molecule has 2 N–H and O–H groups in total. The Balaban J connectivity index is 0.00000220. The van der Waals surface area contributed by atoms with E-state index in [9.17, 15) is 4.79 Å². The van der Waals surface area contributed by atoms with Gasteiger partial charge < -0.3 is 15.0 Å². The van der Waals surface area contributed by atoms with E-state index in [1.165, 1.54) is 7.11 Å². The number of hydrogen-bond donors (Lipinski definition) is 1. The first-order valence-corrected chi connectivity index (χ1v) is 6.43. The summed E-state index contributed by atoms with van der Waals surface area (Å²) in [5, 5.41) is 0. The molecule has 0 saturated heterocycles. The van der Waals surface area contributed by atoms with Crippen molar-refractivity contribution in [2.45, 2.75) is 25.4 Å². The van der Waals surface area contributed by atoms with E-state index in [1.54, 1.807) is 12.5 Å². The molecule has 0 aliphatic rings. The van der Waals surface area contributed by atoms with Gasteiger partial charge in [-0.2, -0.15) is 0 Å². The van der Waals surface area contributed by atoms with Crippen molar-refractivity contribution in [1.29, 1.82) is 0 Å². The van der Waals surface area contributed by atoms with Crippen LogP contribution in [0.15, 0.2) is 36.9 Å². The Labute approximate surface area is 141 Å². The Morgan fingerprint density at radius 3 is 2.73 bits per heavy atom. The maximum Gasteiger partial charge on any atom is 0.323 e. The molecular formula is C14H20Cl2N4O2. The minimum Gasteiger partial charge on any atom is -0.468 e. The highest BCUT2D eigenvalue weighted by Crippen LogP contribution is 2.03. The summed E-state index contributed by atoms with van der Waals surface area (Å²) in [5.74, 6) is -0.423. The van der Waals surface area contributed by atoms with Gasteiger partial charge in [0.2, 0.25) is 0 Å². The van der Waals surface area contributed by atoms with Crippen LogP contribution in [-0.4, -0.2) is 33.7 Å². The summed E-state index contributed by atoms with van der Waals surface area (Å²) in [4.78, 5) is 19.8. The molecule has 1 atom stereocenters. The maximum atomic E-state index is 11.2. The third kappa shape index (κ3) is 6.01. The number of methoxy groups -OCH3 is 1. The number of halogens is 2. The summed E-state index contributed by atoms with van der Waals surface area (Å²) in [7, 11) is 1.33. The van der Waals surface area contributed by atoms with Gasteiger partial charge in [-0.15, -0.1) is 24.8 Å². The Bertz CT molecular complexity index is 563. The smallest absolute Gasteiger partial charge is 0.323 e. The number of nitrogens with zero attached hydrogens (tertiary/aromatic N) is 3. The zero-order valence-electron chi connectivity index (χ0n) is 12.2. The number of ether oxygens (including phenoxy) is 1. The van der Waals surface area contributed by atoms with Crippen LogP contribution >= 0.6 is 24.8 Å². The van der Waals surface area contributed by atoms with Crippen LogP contribution in [0, 0.1) is 0 Å². The second kappa shape index (κ2) is 10.2. The van der Waals surface area contributed by atoms with Gasteiger partial charge in [0.25, 0.3) is 0 Å². The molecule has 22 heavy (non-hydrogen) atoms. The molecule has 0 fully saturated rings. The highest BCUT2D eigenvalue weighted by molar-refractivity contribution is 5.85.